The lowest BCUT2D eigenvalue weighted by Crippen LogP contribution is -2.20. The summed E-state index contributed by atoms with van der Waals surface area (Å²) in [5.74, 6) is -2.56. The SMILES string of the molecule is C=CC(=O)Oc1cc(OC(=O)C=C)c2c(c1)-c1cc(OC(=O)C(C)C)cc(OC(=O)C=C)c1C2(C)C. The zero-order chi connectivity index (χ0) is 26.8. The molecule has 1 aliphatic carbocycles. The Morgan fingerprint density at radius 3 is 1.47 bits per heavy atom. The van der Waals surface area contributed by atoms with Crippen LogP contribution in [0.15, 0.2) is 62.2 Å². The molecule has 0 heterocycles. The van der Waals surface area contributed by atoms with Gasteiger partial charge in [0, 0.05) is 46.9 Å². The fraction of sp³-hybridized carbons (Fsp3) is 0.214. The van der Waals surface area contributed by atoms with Gasteiger partial charge in [0.25, 0.3) is 0 Å². The minimum atomic E-state index is -0.861. The zero-order valence-electron chi connectivity index (χ0n) is 20.5. The van der Waals surface area contributed by atoms with E-state index in [4.69, 9.17) is 18.9 Å². The maximum absolute atomic E-state index is 12.3. The molecule has 36 heavy (non-hydrogen) atoms. The molecule has 2 aromatic carbocycles. The summed E-state index contributed by atoms with van der Waals surface area (Å²) in [6.07, 6.45) is 3.01. The van der Waals surface area contributed by atoms with Crippen molar-refractivity contribution in [2.45, 2.75) is 33.1 Å². The van der Waals surface area contributed by atoms with E-state index in [9.17, 15) is 19.2 Å². The quantitative estimate of drug-likeness (QED) is 0.294. The first-order valence-electron chi connectivity index (χ1n) is 11.0. The summed E-state index contributed by atoms with van der Waals surface area (Å²) in [7, 11) is 0. The van der Waals surface area contributed by atoms with Crippen molar-refractivity contribution in [2.75, 3.05) is 0 Å². The van der Waals surface area contributed by atoms with Crippen molar-refractivity contribution in [1.82, 2.24) is 0 Å². The third-order valence-electron chi connectivity index (χ3n) is 5.52. The molecule has 0 aliphatic heterocycles. The van der Waals surface area contributed by atoms with Crippen LogP contribution >= 0.6 is 0 Å². The maximum Gasteiger partial charge on any atom is 0.335 e. The molecule has 3 rings (SSSR count). The van der Waals surface area contributed by atoms with E-state index in [0.29, 0.717) is 22.3 Å². The van der Waals surface area contributed by atoms with Crippen LogP contribution in [0.4, 0.5) is 0 Å². The molecule has 0 unspecified atom stereocenters. The average Bonchev–Trinajstić information content (AvgIpc) is 3.05. The van der Waals surface area contributed by atoms with E-state index in [1.54, 1.807) is 26.0 Å². The van der Waals surface area contributed by atoms with Crippen LogP contribution in [0.3, 0.4) is 0 Å². The minimum absolute atomic E-state index is 0.0865. The summed E-state index contributed by atoms with van der Waals surface area (Å²) in [6, 6.07) is 6.06. The molecule has 0 spiro atoms. The Hall–Kier alpha value is -4.46. The molecule has 0 bridgehead atoms. The summed E-state index contributed by atoms with van der Waals surface area (Å²) >= 11 is 0. The lowest BCUT2D eigenvalue weighted by molar-refractivity contribution is -0.137. The van der Waals surface area contributed by atoms with Gasteiger partial charge in [0.1, 0.15) is 23.0 Å². The summed E-state index contributed by atoms with van der Waals surface area (Å²) < 4.78 is 21.9. The van der Waals surface area contributed by atoms with Crippen LogP contribution in [0.25, 0.3) is 11.1 Å². The normalized spacial score (nSPS) is 12.6. The van der Waals surface area contributed by atoms with Crippen molar-refractivity contribution in [1.29, 1.82) is 0 Å². The van der Waals surface area contributed by atoms with Crippen LogP contribution in [0.5, 0.6) is 23.0 Å². The third-order valence-corrected chi connectivity index (χ3v) is 5.52. The minimum Gasteiger partial charge on any atom is -0.426 e. The molecule has 1 aliphatic rings. The maximum atomic E-state index is 12.3. The summed E-state index contributed by atoms with van der Waals surface area (Å²) in [4.78, 5) is 48.5. The Labute approximate surface area is 208 Å². The predicted molar refractivity (Wildman–Crippen MR) is 132 cm³/mol. The number of carbonyl (C=O) groups is 4. The molecule has 0 aromatic heterocycles. The van der Waals surface area contributed by atoms with Gasteiger partial charge in [-0.2, -0.15) is 0 Å². The van der Waals surface area contributed by atoms with E-state index in [0.717, 1.165) is 18.2 Å². The topological polar surface area (TPSA) is 105 Å². The van der Waals surface area contributed by atoms with Gasteiger partial charge in [-0.3, -0.25) is 4.79 Å². The Bertz CT molecular complexity index is 1310. The molecule has 0 fully saturated rings. The number of fused-ring (bicyclic) bond motifs is 3. The third kappa shape index (κ3) is 4.98. The number of carbonyl (C=O) groups excluding carboxylic acids is 4. The predicted octanol–water partition coefficient (Wildman–Crippen LogP) is 4.83. The molecule has 8 heteroatoms. The number of benzene rings is 2. The molecule has 0 amide bonds. The van der Waals surface area contributed by atoms with Crippen LogP contribution < -0.4 is 18.9 Å². The van der Waals surface area contributed by atoms with Crippen LogP contribution in [0.2, 0.25) is 0 Å². The zero-order valence-corrected chi connectivity index (χ0v) is 20.5. The lowest BCUT2D eigenvalue weighted by Gasteiger charge is -2.25. The van der Waals surface area contributed by atoms with Gasteiger partial charge in [-0.25, -0.2) is 14.4 Å². The highest BCUT2D eigenvalue weighted by Crippen LogP contribution is 2.57. The molecule has 0 atom stereocenters. The Morgan fingerprint density at radius 2 is 1.08 bits per heavy atom. The van der Waals surface area contributed by atoms with Gasteiger partial charge in [0.05, 0.1) is 5.92 Å². The van der Waals surface area contributed by atoms with Crippen molar-refractivity contribution in [3.63, 3.8) is 0 Å². The smallest absolute Gasteiger partial charge is 0.335 e. The highest BCUT2D eigenvalue weighted by molar-refractivity contribution is 5.92. The van der Waals surface area contributed by atoms with Gasteiger partial charge >= 0.3 is 23.9 Å². The van der Waals surface area contributed by atoms with Crippen LogP contribution in [0, 0.1) is 5.92 Å². The van der Waals surface area contributed by atoms with Gasteiger partial charge in [-0.05, 0) is 23.3 Å². The van der Waals surface area contributed by atoms with Gasteiger partial charge in [-0.1, -0.05) is 47.4 Å². The fourth-order valence-electron chi connectivity index (χ4n) is 3.99. The van der Waals surface area contributed by atoms with Gasteiger partial charge in [0.15, 0.2) is 0 Å². The average molecular weight is 491 g/mol. The number of ether oxygens (including phenoxy) is 4. The molecule has 0 saturated heterocycles. The van der Waals surface area contributed by atoms with Crippen molar-refractivity contribution in [2.24, 2.45) is 5.92 Å². The first-order valence-corrected chi connectivity index (χ1v) is 11.0. The van der Waals surface area contributed by atoms with E-state index in [1.165, 1.54) is 12.1 Å². The van der Waals surface area contributed by atoms with Gasteiger partial charge < -0.3 is 18.9 Å². The molecule has 0 N–H and O–H groups in total. The summed E-state index contributed by atoms with van der Waals surface area (Å²) in [5, 5.41) is 0. The molecular formula is C28H26O8. The van der Waals surface area contributed by atoms with E-state index >= 15 is 0 Å². The number of hydrogen-bond donors (Lipinski definition) is 0. The second-order valence-electron chi connectivity index (χ2n) is 8.76. The Kier molecular flexibility index (Phi) is 7.29. The van der Waals surface area contributed by atoms with Crippen molar-refractivity contribution < 1.29 is 38.1 Å². The number of rotatable bonds is 8. The Morgan fingerprint density at radius 1 is 0.694 bits per heavy atom. The molecule has 186 valence electrons. The highest BCUT2D eigenvalue weighted by Gasteiger charge is 2.43. The molecule has 0 radical (unpaired) electrons. The van der Waals surface area contributed by atoms with E-state index in [1.807, 2.05) is 13.8 Å². The van der Waals surface area contributed by atoms with Crippen molar-refractivity contribution >= 4 is 23.9 Å². The van der Waals surface area contributed by atoms with Crippen molar-refractivity contribution in [3.05, 3.63) is 73.4 Å². The first-order chi connectivity index (χ1) is 16.9. The van der Waals surface area contributed by atoms with Crippen molar-refractivity contribution in [3.8, 4) is 34.1 Å². The largest absolute Gasteiger partial charge is 0.426 e. The van der Waals surface area contributed by atoms with Crippen LogP contribution in [-0.4, -0.2) is 23.9 Å². The number of hydrogen-bond acceptors (Lipinski definition) is 8. The molecule has 2 aromatic rings. The standard InChI is InChI=1S/C28H26O8/c1-8-22(29)33-16-11-18-19-12-17(34-27(32)15(4)5)14-21(36-24(31)10-3)26(19)28(6,7)25(18)20(13-16)35-23(30)9-2/h8-15H,1-3H2,4-7H3. The molecular weight excluding hydrogens is 464 g/mol. The monoisotopic (exact) mass is 490 g/mol. The van der Waals surface area contributed by atoms with E-state index < -0.39 is 35.2 Å². The van der Waals surface area contributed by atoms with E-state index in [2.05, 4.69) is 19.7 Å². The van der Waals surface area contributed by atoms with Crippen LogP contribution in [0.1, 0.15) is 38.8 Å². The number of esters is 4. The van der Waals surface area contributed by atoms with Gasteiger partial charge in [-0.15, -0.1) is 0 Å². The fourth-order valence-corrected chi connectivity index (χ4v) is 3.99. The second kappa shape index (κ2) is 10.0. The van der Waals surface area contributed by atoms with Crippen LogP contribution in [-0.2, 0) is 24.6 Å². The summed E-state index contributed by atoms with van der Waals surface area (Å²) in [6.45, 7) is 17.3. The second-order valence-corrected chi connectivity index (χ2v) is 8.76. The lowest BCUT2D eigenvalue weighted by atomic mass is 9.81. The first kappa shape index (κ1) is 26.2. The Balaban J connectivity index is 2.34. The van der Waals surface area contributed by atoms with E-state index in [-0.39, 0.29) is 23.0 Å². The highest BCUT2D eigenvalue weighted by atomic mass is 16.6. The van der Waals surface area contributed by atoms with Gasteiger partial charge in [0.2, 0.25) is 0 Å². The molecule has 8 nitrogen and oxygen atoms in total. The molecule has 0 saturated carbocycles. The summed E-state index contributed by atoms with van der Waals surface area (Å²) in [5.41, 5.74) is 1.33.